The summed E-state index contributed by atoms with van der Waals surface area (Å²) in [5.74, 6) is 0.593. The van der Waals surface area contributed by atoms with Crippen LogP contribution in [0, 0.1) is 11.3 Å². The molecule has 3 aromatic heterocycles. The van der Waals surface area contributed by atoms with Crippen molar-refractivity contribution >= 4 is 17.4 Å². The summed E-state index contributed by atoms with van der Waals surface area (Å²) in [6, 6.07) is 8.94. The van der Waals surface area contributed by atoms with Crippen molar-refractivity contribution in [3.05, 3.63) is 66.8 Å². The molecule has 1 N–H and O–H groups in total. The van der Waals surface area contributed by atoms with Gasteiger partial charge in [0.15, 0.2) is 11.5 Å². The van der Waals surface area contributed by atoms with Crippen LogP contribution in [-0.2, 0) is 0 Å². The molecule has 4 heterocycles. The number of imidazole rings is 1. The minimum absolute atomic E-state index is 0.0311. The summed E-state index contributed by atoms with van der Waals surface area (Å²) >= 11 is 0. The fraction of sp³-hybridized carbons (Fsp3) is 0.200. The third-order valence-corrected chi connectivity index (χ3v) is 5.07. The molecule has 1 amide bonds. The Hall–Kier alpha value is -4.26. The second kappa shape index (κ2) is 7.29. The normalized spacial score (nSPS) is 16.0. The maximum atomic E-state index is 12.6. The topological polar surface area (TPSA) is 117 Å². The van der Waals surface area contributed by atoms with E-state index >= 15 is 0 Å². The van der Waals surface area contributed by atoms with Crippen LogP contribution in [0.1, 0.15) is 22.6 Å². The molecule has 1 aromatic carbocycles. The molecule has 1 unspecified atom stereocenters. The van der Waals surface area contributed by atoms with Gasteiger partial charge in [0, 0.05) is 43.9 Å². The zero-order valence-electron chi connectivity index (χ0n) is 15.9. The quantitative estimate of drug-likeness (QED) is 0.548. The molecule has 10 heteroatoms. The Labute approximate surface area is 171 Å². The number of carbonyl (C=O) groups is 1. The lowest BCUT2D eigenvalue weighted by atomic mass is 10.2. The monoisotopic (exact) mass is 399 g/mol. The summed E-state index contributed by atoms with van der Waals surface area (Å²) in [5, 5.41) is 16.2. The Bertz CT molecular complexity index is 1250. The Balaban J connectivity index is 1.26. The number of rotatable bonds is 4. The van der Waals surface area contributed by atoms with Gasteiger partial charge in [0.2, 0.25) is 5.82 Å². The lowest BCUT2D eigenvalue weighted by Gasteiger charge is -2.18. The second-order valence-electron chi connectivity index (χ2n) is 6.99. The van der Waals surface area contributed by atoms with Gasteiger partial charge >= 0.3 is 0 Å². The van der Waals surface area contributed by atoms with Crippen LogP contribution in [0.4, 0.5) is 5.82 Å². The van der Waals surface area contributed by atoms with Crippen LogP contribution < -0.4 is 10.2 Å². The predicted octanol–water partition coefficient (Wildman–Crippen LogP) is 1.19. The van der Waals surface area contributed by atoms with Gasteiger partial charge in [-0.05, 0) is 30.7 Å². The Morgan fingerprint density at radius 3 is 2.73 bits per heavy atom. The summed E-state index contributed by atoms with van der Waals surface area (Å²) < 4.78 is 3.44. The number of benzene rings is 1. The maximum Gasteiger partial charge on any atom is 0.291 e. The molecular formula is C20H17N9O. The molecule has 1 atom stereocenters. The summed E-state index contributed by atoms with van der Waals surface area (Å²) in [6.07, 6.45) is 9.51. The average molecular weight is 399 g/mol. The van der Waals surface area contributed by atoms with Crippen molar-refractivity contribution in [3.63, 3.8) is 0 Å². The van der Waals surface area contributed by atoms with E-state index in [1.54, 1.807) is 36.7 Å². The van der Waals surface area contributed by atoms with E-state index < -0.39 is 0 Å². The van der Waals surface area contributed by atoms with E-state index in [2.05, 4.69) is 36.3 Å². The molecule has 0 aliphatic carbocycles. The van der Waals surface area contributed by atoms with E-state index in [4.69, 9.17) is 5.26 Å². The van der Waals surface area contributed by atoms with Gasteiger partial charge in [-0.15, -0.1) is 5.10 Å². The number of aromatic nitrogens is 6. The number of nitriles is 1. The Morgan fingerprint density at radius 2 is 1.93 bits per heavy atom. The summed E-state index contributed by atoms with van der Waals surface area (Å²) in [4.78, 5) is 27.7. The largest absolute Gasteiger partial charge is 0.351 e. The van der Waals surface area contributed by atoms with Gasteiger partial charge < -0.3 is 14.6 Å². The second-order valence-corrected chi connectivity index (χ2v) is 6.99. The van der Waals surface area contributed by atoms with Gasteiger partial charge in [0.05, 0.1) is 17.3 Å². The standard InChI is InChI=1S/C20H17N9O/c21-11-14-1-3-16(4-2-14)29-13-24-17(26-29)20(30)25-15-5-8-28(12-15)19-18-22-6-9-27(18)10-7-23-19/h1-4,6-7,9-10,13,15H,5,8,12H2,(H,25,30). The van der Waals surface area contributed by atoms with Gasteiger partial charge in [-0.1, -0.05) is 0 Å². The van der Waals surface area contributed by atoms with Crippen molar-refractivity contribution in [2.75, 3.05) is 18.0 Å². The first-order chi connectivity index (χ1) is 14.7. The fourth-order valence-corrected chi connectivity index (χ4v) is 3.56. The van der Waals surface area contributed by atoms with Crippen molar-refractivity contribution < 1.29 is 4.79 Å². The molecule has 5 rings (SSSR count). The van der Waals surface area contributed by atoms with Gasteiger partial charge in [0.25, 0.3) is 5.91 Å². The van der Waals surface area contributed by atoms with Crippen LogP contribution >= 0.6 is 0 Å². The van der Waals surface area contributed by atoms with Gasteiger partial charge in [0.1, 0.15) is 6.33 Å². The number of hydrogen-bond acceptors (Lipinski definition) is 7. The van der Waals surface area contributed by atoms with Gasteiger partial charge in [-0.3, -0.25) is 4.79 Å². The molecule has 0 bridgehead atoms. The number of nitrogens with zero attached hydrogens (tertiary/aromatic N) is 8. The molecule has 1 saturated heterocycles. The van der Waals surface area contributed by atoms with Crippen molar-refractivity contribution in [2.24, 2.45) is 0 Å². The summed E-state index contributed by atoms with van der Waals surface area (Å²) in [5.41, 5.74) is 2.09. The molecule has 148 valence electrons. The lowest BCUT2D eigenvalue weighted by molar-refractivity contribution is 0.0930. The van der Waals surface area contributed by atoms with Crippen molar-refractivity contribution in [1.29, 1.82) is 5.26 Å². The SMILES string of the molecule is N#Cc1ccc(-n2cnc(C(=O)NC3CCN(c4nccn5ccnc45)C3)n2)cc1. The lowest BCUT2D eigenvalue weighted by Crippen LogP contribution is -2.37. The van der Waals surface area contributed by atoms with Crippen LogP contribution in [0.5, 0.6) is 0 Å². The molecule has 30 heavy (non-hydrogen) atoms. The highest BCUT2D eigenvalue weighted by Crippen LogP contribution is 2.22. The maximum absolute atomic E-state index is 12.6. The highest BCUT2D eigenvalue weighted by atomic mass is 16.2. The zero-order valence-corrected chi connectivity index (χ0v) is 15.9. The molecule has 10 nitrogen and oxygen atoms in total. The first-order valence-corrected chi connectivity index (χ1v) is 9.47. The highest BCUT2D eigenvalue weighted by Gasteiger charge is 2.27. The van der Waals surface area contributed by atoms with E-state index in [1.165, 1.54) is 11.0 Å². The molecule has 1 fully saturated rings. The zero-order chi connectivity index (χ0) is 20.5. The van der Waals surface area contributed by atoms with E-state index in [0.29, 0.717) is 12.1 Å². The van der Waals surface area contributed by atoms with Gasteiger partial charge in [-0.25, -0.2) is 19.6 Å². The van der Waals surface area contributed by atoms with E-state index in [0.717, 1.165) is 30.1 Å². The number of amides is 1. The van der Waals surface area contributed by atoms with Crippen LogP contribution in [0.15, 0.2) is 55.4 Å². The number of fused-ring (bicyclic) bond motifs is 1. The van der Waals surface area contributed by atoms with Crippen LogP contribution in [-0.4, -0.2) is 54.2 Å². The van der Waals surface area contributed by atoms with E-state index in [1.807, 2.05) is 16.8 Å². The van der Waals surface area contributed by atoms with Gasteiger partial charge in [-0.2, -0.15) is 5.26 Å². The highest BCUT2D eigenvalue weighted by molar-refractivity contribution is 5.90. The average Bonchev–Trinajstić information content (AvgIpc) is 3.53. The van der Waals surface area contributed by atoms with Crippen molar-refractivity contribution in [3.8, 4) is 11.8 Å². The molecule has 4 aromatic rings. The number of anilines is 1. The van der Waals surface area contributed by atoms with Crippen LogP contribution in [0.25, 0.3) is 11.3 Å². The summed E-state index contributed by atoms with van der Waals surface area (Å²) in [7, 11) is 0. The first kappa shape index (κ1) is 17.8. The first-order valence-electron chi connectivity index (χ1n) is 9.47. The number of nitrogens with one attached hydrogen (secondary N) is 1. The smallest absolute Gasteiger partial charge is 0.291 e. The molecule has 1 aliphatic rings. The Morgan fingerprint density at radius 1 is 1.13 bits per heavy atom. The predicted molar refractivity (Wildman–Crippen MR) is 107 cm³/mol. The minimum Gasteiger partial charge on any atom is -0.351 e. The molecule has 0 saturated carbocycles. The Kier molecular flexibility index (Phi) is 4.33. The van der Waals surface area contributed by atoms with Crippen LogP contribution in [0.3, 0.4) is 0 Å². The van der Waals surface area contributed by atoms with Crippen molar-refractivity contribution in [2.45, 2.75) is 12.5 Å². The summed E-state index contributed by atoms with van der Waals surface area (Å²) in [6.45, 7) is 1.42. The number of carbonyl (C=O) groups excluding carboxylic acids is 1. The minimum atomic E-state index is -0.318. The van der Waals surface area contributed by atoms with E-state index in [9.17, 15) is 4.79 Å². The van der Waals surface area contributed by atoms with E-state index in [-0.39, 0.29) is 17.8 Å². The molecule has 0 spiro atoms. The molecular weight excluding hydrogens is 382 g/mol. The number of hydrogen-bond donors (Lipinski definition) is 1. The van der Waals surface area contributed by atoms with Crippen LogP contribution in [0.2, 0.25) is 0 Å². The van der Waals surface area contributed by atoms with Crippen molar-refractivity contribution in [1.82, 2.24) is 34.4 Å². The third kappa shape index (κ3) is 3.22. The molecule has 1 aliphatic heterocycles. The third-order valence-electron chi connectivity index (χ3n) is 5.07. The fourth-order valence-electron chi connectivity index (χ4n) is 3.56. The molecule has 0 radical (unpaired) electrons.